The Balaban J connectivity index is 1.38. The summed E-state index contributed by atoms with van der Waals surface area (Å²) >= 11 is 6.03. The Morgan fingerprint density at radius 3 is 2.58 bits per heavy atom. The first-order valence-corrected chi connectivity index (χ1v) is 10.7. The second-order valence-corrected chi connectivity index (χ2v) is 7.86. The number of H-pyrrole nitrogens is 1. The van der Waals surface area contributed by atoms with Crippen LogP contribution in [0.2, 0.25) is 5.02 Å². The molecular weight excluding hydrogens is 416 g/mol. The number of benzene rings is 2. The number of amides is 2. The van der Waals surface area contributed by atoms with E-state index in [0.29, 0.717) is 22.9 Å². The highest BCUT2D eigenvalue weighted by Crippen LogP contribution is 2.21. The Bertz CT molecular complexity index is 1070. The number of aromatic amines is 1. The van der Waals surface area contributed by atoms with Gasteiger partial charge in [-0.3, -0.25) is 9.59 Å². The number of rotatable bonds is 6. The van der Waals surface area contributed by atoms with Crippen LogP contribution in [0.25, 0.3) is 10.9 Å². The lowest BCUT2D eigenvalue weighted by Crippen LogP contribution is -2.38. The summed E-state index contributed by atoms with van der Waals surface area (Å²) in [6.45, 7) is 5.40. The van der Waals surface area contributed by atoms with Crippen molar-refractivity contribution < 1.29 is 14.3 Å². The molecule has 1 aliphatic heterocycles. The van der Waals surface area contributed by atoms with Crippen molar-refractivity contribution in [1.82, 2.24) is 9.88 Å². The number of likely N-dealkylation sites (N-methyl/N-ethyl adjacent to an activating group) is 1. The molecule has 2 aromatic carbocycles. The molecule has 0 unspecified atom stereocenters. The third-order valence-electron chi connectivity index (χ3n) is 5.34. The van der Waals surface area contributed by atoms with E-state index in [1.54, 1.807) is 18.2 Å². The zero-order chi connectivity index (χ0) is 21.8. The fourth-order valence-electron chi connectivity index (χ4n) is 3.67. The van der Waals surface area contributed by atoms with Gasteiger partial charge in [-0.25, -0.2) is 0 Å². The Labute approximate surface area is 185 Å². The van der Waals surface area contributed by atoms with Crippen LogP contribution in [0.3, 0.4) is 0 Å². The fraction of sp³-hybridized carbons (Fsp3) is 0.304. The number of hydrogen-bond donors (Lipinski definition) is 2. The molecule has 162 valence electrons. The molecule has 3 aromatic rings. The minimum Gasteiger partial charge on any atom is -0.378 e. The van der Waals surface area contributed by atoms with E-state index in [4.69, 9.17) is 16.3 Å². The van der Waals surface area contributed by atoms with Crippen LogP contribution in [-0.2, 0) is 9.53 Å². The van der Waals surface area contributed by atoms with E-state index in [1.807, 2.05) is 37.3 Å². The second-order valence-electron chi connectivity index (χ2n) is 7.43. The highest BCUT2D eigenvalue weighted by atomic mass is 35.5. The topological polar surface area (TPSA) is 77.7 Å². The van der Waals surface area contributed by atoms with Gasteiger partial charge in [0.15, 0.2) is 0 Å². The zero-order valence-electron chi connectivity index (χ0n) is 17.4. The molecule has 2 heterocycles. The molecule has 0 aliphatic carbocycles. The van der Waals surface area contributed by atoms with Crippen molar-refractivity contribution in [1.29, 1.82) is 0 Å². The van der Waals surface area contributed by atoms with Gasteiger partial charge in [0.05, 0.1) is 13.2 Å². The number of carbonyl (C=O) groups is 2. The second kappa shape index (κ2) is 9.41. The summed E-state index contributed by atoms with van der Waals surface area (Å²) in [5.74, 6) is -0.471. The van der Waals surface area contributed by atoms with Crippen LogP contribution < -0.4 is 10.2 Å². The van der Waals surface area contributed by atoms with Gasteiger partial charge in [0.1, 0.15) is 12.2 Å². The molecule has 2 N–H and O–H groups in total. The normalized spacial score (nSPS) is 13.9. The van der Waals surface area contributed by atoms with Gasteiger partial charge in [-0.1, -0.05) is 11.6 Å². The summed E-state index contributed by atoms with van der Waals surface area (Å²) in [5.41, 5.74) is 3.06. The molecule has 2 amide bonds. The predicted octanol–water partition coefficient (Wildman–Crippen LogP) is 3.76. The van der Waals surface area contributed by atoms with Gasteiger partial charge in [0, 0.05) is 46.9 Å². The molecule has 4 rings (SSSR count). The van der Waals surface area contributed by atoms with Crippen LogP contribution in [-0.4, -0.2) is 61.1 Å². The SMILES string of the molecule is CCN(CC(=O)Nc1ccc(N2CCOCC2)cc1)C(=O)c1cc2cc(Cl)ccc2[nH]1. The van der Waals surface area contributed by atoms with Gasteiger partial charge >= 0.3 is 0 Å². The van der Waals surface area contributed by atoms with Crippen LogP contribution in [0, 0.1) is 0 Å². The quantitative estimate of drug-likeness (QED) is 0.611. The molecule has 0 radical (unpaired) electrons. The number of halogens is 1. The molecule has 1 aliphatic rings. The van der Waals surface area contributed by atoms with Gasteiger partial charge in [-0.15, -0.1) is 0 Å². The van der Waals surface area contributed by atoms with Gasteiger partial charge < -0.3 is 24.8 Å². The van der Waals surface area contributed by atoms with Gasteiger partial charge in [-0.05, 0) is 55.5 Å². The minimum absolute atomic E-state index is 0.0311. The van der Waals surface area contributed by atoms with E-state index < -0.39 is 0 Å². The average Bonchev–Trinajstić information content (AvgIpc) is 3.21. The van der Waals surface area contributed by atoms with E-state index in [2.05, 4.69) is 15.2 Å². The summed E-state index contributed by atoms with van der Waals surface area (Å²) in [5, 5.41) is 4.34. The smallest absolute Gasteiger partial charge is 0.270 e. The Hall–Kier alpha value is -3.03. The number of ether oxygens (including phenoxy) is 1. The maximum absolute atomic E-state index is 12.9. The Kier molecular flexibility index (Phi) is 6.44. The third kappa shape index (κ3) is 5.00. The number of hydrogen-bond acceptors (Lipinski definition) is 4. The number of morpholine rings is 1. The molecule has 1 aromatic heterocycles. The lowest BCUT2D eigenvalue weighted by molar-refractivity contribution is -0.116. The van der Waals surface area contributed by atoms with Crippen LogP contribution in [0.4, 0.5) is 11.4 Å². The summed E-state index contributed by atoms with van der Waals surface area (Å²) in [6.07, 6.45) is 0. The maximum Gasteiger partial charge on any atom is 0.270 e. The largest absolute Gasteiger partial charge is 0.378 e. The Morgan fingerprint density at radius 1 is 1.13 bits per heavy atom. The van der Waals surface area contributed by atoms with Crippen LogP contribution in [0.1, 0.15) is 17.4 Å². The highest BCUT2D eigenvalue weighted by molar-refractivity contribution is 6.31. The van der Waals surface area contributed by atoms with Crippen molar-refractivity contribution in [3.05, 3.63) is 59.2 Å². The maximum atomic E-state index is 12.9. The van der Waals surface area contributed by atoms with Gasteiger partial charge in [0.25, 0.3) is 5.91 Å². The number of carbonyl (C=O) groups excluding carboxylic acids is 2. The molecule has 0 saturated carbocycles. The van der Waals surface area contributed by atoms with Gasteiger partial charge in [0.2, 0.25) is 5.91 Å². The first kappa shape index (κ1) is 21.2. The summed E-state index contributed by atoms with van der Waals surface area (Å²) in [7, 11) is 0. The molecule has 31 heavy (non-hydrogen) atoms. The van der Waals surface area contributed by atoms with Gasteiger partial charge in [-0.2, -0.15) is 0 Å². The van der Waals surface area contributed by atoms with Crippen LogP contribution in [0.5, 0.6) is 0 Å². The molecule has 1 fully saturated rings. The van der Waals surface area contributed by atoms with E-state index in [-0.39, 0.29) is 18.4 Å². The monoisotopic (exact) mass is 440 g/mol. The minimum atomic E-state index is -0.242. The van der Waals surface area contributed by atoms with E-state index in [9.17, 15) is 9.59 Å². The van der Waals surface area contributed by atoms with E-state index in [0.717, 1.165) is 42.9 Å². The third-order valence-corrected chi connectivity index (χ3v) is 5.58. The van der Waals surface area contributed by atoms with Crippen molar-refractivity contribution in [3.8, 4) is 0 Å². The van der Waals surface area contributed by atoms with Crippen molar-refractivity contribution in [2.24, 2.45) is 0 Å². The van der Waals surface area contributed by atoms with Crippen LogP contribution >= 0.6 is 11.6 Å². The molecular formula is C23H25ClN4O3. The van der Waals surface area contributed by atoms with Crippen molar-refractivity contribution >= 4 is 45.7 Å². The molecule has 1 saturated heterocycles. The average molecular weight is 441 g/mol. The molecule has 0 bridgehead atoms. The number of nitrogens with one attached hydrogen (secondary N) is 2. The predicted molar refractivity (Wildman–Crippen MR) is 123 cm³/mol. The first-order chi connectivity index (χ1) is 15.0. The summed E-state index contributed by atoms with van der Waals surface area (Å²) in [6, 6.07) is 14.9. The molecule has 8 heteroatoms. The van der Waals surface area contributed by atoms with E-state index in [1.165, 1.54) is 4.90 Å². The number of nitrogens with zero attached hydrogens (tertiary/aromatic N) is 2. The summed E-state index contributed by atoms with van der Waals surface area (Å²) in [4.78, 5) is 32.3. The summed E-state index contributed by atoms with van der Waals surface area (Å²) < 4.78 is 5.38. The molecule has 7 nitrogen and oxygen atoms in total. The van der Waals surface area contributed by atoms with Crippen molar-refractivity contribution in [2.45, 2.75) is 6.92 Å². The zero-order valence-corrected chi connectivity index (χ0v) is 18.1. The van der Waals surface area contributed by atoms with Crippen molar-refractivity contribution in [3.63, 3.8) is 0 Å². The number of fused-ring (bicyclic) bond motifs is 1. The molecule has 0 spiro atoms. The lowest BCUT2D eigenvalue weighted by Gasteiger charge is -2.29. The Morgan fingerprint density at radius 2 is 1.87 bits per heavy atom. The standard InChI is InChI=1S/C23H25ClN4O3/c1-2-27(23(30)21-14-16-13-17(24)3-8-20(16)26-21)15-22(29)25-18-4-6-19(7-5-18)28-9-11-31-12-10-28/h3-8,13-14,26H,2,9-12,15H2,1H3,(H,25,29). The lowest BCUT2D eigenvalue weighted by atomic mass is 10.2. The molecule has 0 atom stereocenters. The number of aromatic nitrogens is 1. The fourth-order valence-corrected chi connectivity index (χ4v) is 3.85. The highest BCUT2D eigenvalue weighted by Gasteiger charge is 2.19. The first-order valence-electron chi connectivity index (χ1n) is 10.3. The number of anilines is 2. The van der Waals surface area contributed by atoms with E-state index >= 15 is 0 Å². The van der Waals surface area contributed by atoms with Crippen molar-refractivity contribution in [2.75, 3.05) is 49.6 Å². The van der Waals surface area contributed by atoms with Crippen LogP contribution in [0.15, 0.2) is 48.5 Å².